The van der Waals surface area contributed by atoms with E-state index in [-0.39, 0.29) is 12.4 Å². The van der Waals surface area contributed by atoms with Crippen LogP contribution in [-0.4, -0.2) is 16.8 Å². The van der Waals surface area contributed by atoms with Crippen LogP contribution in [0.15, 0.2) is 39.8 Å². The molecule has 0 bridgehead atoms. The number of hydrogen-bond acceptors (Lipinski definition) is 6. The van der Waals surface area contributed by atoms with Crippen molar-refractivity contribution in [3.63, 3.8) is 0 Å². The molecule has 140 valence electrons. The topological polar surface area (TPSA) is 64.2 Å². The van der Waals surface area contributed by atoms with Crippen LogP contribution in [0.5, 0.6) is 11.5 Å². The molecule has 0 radical (unpaired) electrons. The maximum Gasteiger partial charge on any atom is 0.260 e. The Hall–Kier alpha value is -2.32. The van der Waals surface area contributed by atoms with Crippen molar-refractivity contribution in [1.82, 2.24) is 9.97 Å². The van der Waals surface area contributed by atoms with E-state index < -0.39 is 0 Å². The number of fused-ring (bicyclic) bond motifs is 2. The zero-order valence-electron chi connectivity index (χ0n) is 14.0. The Kier molecular flexibility index (Phi) is 4.40. The van der Waals surface area contributed by atoms with E-state index in [1.807, 2.05) is 22.9 Å². The zero-order chi connectivity index (χ0) is 19.3. The predicted octanol–water partition coefficient (Wildman–Crippen LogP) is 5.83. The number of thiophene rings is 2. The van der Waals surface area contributed by atoms with Gasteiger partial charge in [-0.3, -0.25) is 4.79 Å². The lowest BCUT2D eigenvalue weighted by atomic mass is 10.2. The van der Waals surface area contributed by atoms with Gasteiger partial charge in [0.1, 0.15) is 4.83 Å². The first-order chi connectivity index (χ1) is 13.6. The number of halogens is 2. The van der Waals surface area contributed by atoms with Crippen LogP contribution in [0.4, 0.5) is 0 Å². The summed E-state index contributed by atoms with van der Waals surface area (Å²) < 4.78 is 10.7. The standard InChI is InChI=1S/C19H10Cl2N2O3S2/c20-11-4-9(6-13-16(11)26-8-25-13)5-12(21)17-22-18(24)15-10(7-28-19(15)23-17)14-2-1-3-27-14/h1-7H,8H2,(H,22,23,24)/b12-5-. The van der Waals surface area contributed by atoms with Crippen molar-refractivity contribution in [3.05, 3.63) is 61.8 Å². The number of aromatic amines is 1. The van der Waals surface area contributed by atoms with Gasteiger partial charge in [0.05, 0.1) is 15.4 Å². The average Bonchev–Trinajstić information content (AvgIpc) is 3.41. The van der Waals surface area contributed by atoms with Gasteiger partial charge in [0.15, 0.2) is 17.3 Å². The van der Waals surface area contributed by atoms with Gasteiger partial charge in [-0.2, -0.15) is 0 Å². The normalized spacial score (nSPS) is 13.4. The SMILES string of the molecule is O=c1[nH]c(/C(Cl)=C/c2cc(Cl)c3c(c2)OCO3)nc2scc(-c3cccs3)c12. The number of H-pyrrole nitrogens is 1. The Balaban J connectivity index is 1.57. The number of ether oxygens (including phenoxy) is 2. The Morgan fingerprint density at radius 1 is 1.29 bits per heavy atom. The van der Waals surface area contributed by atoms with Gasteiger partial charge in [-0.05, 0) is 35.2 Å². The lowest BCUT2D eigenvalue weighted by Crippen LogP contribution is -2.10. The third kappa shape index (κ3) is 3.00. The van der Waals surface area contributed by atoms with E-state index in [2.05, 4.69) is 9.97 Å². The van der Waals surface area contributed by atoms with Gasteiger partial charge in [-0.15, -0.1) is 22.7 Å². The van der Waals surface area contributed by atoms with Crippen molar-refractivity contribution in [3.8, 4) is 21.9 Å². The molecule has 0 saturated heterocycles. The molecule has 5 nitrogen and oxygen atoms in total. The van der Waals surface area contributed by atoms with E-state index in [4.69, 9.17) is 32.7 Å². The number of nitrogens with one attached hydrogen (secondary N) is 1. The number of aromatic nitrogens is 2. The Bertz CT molecular complexity index is 1290. The monoisotopic (exact) mass is 448 g/mol. The third-order valence-corrected chi connectivity index (χ3v) is 6.54. The van der Waals surface area contributed by atoms with Crippen molar-refractivity contribution < 1.29 is 9.47 Å². The summed E-state index contributed by atoms with van der Waals surface area (Å²) in [7, 11) is 0. The van der Waals surface area contributed by atoms with Crippen LogP contribution in [0, 0.1) is 0 Å². The fraction of sp³-hybridized carbons (Fsp3) is 0.0526. The molecule has 1 N–H and O–H groups in total. The molecule has 0 spiro atoms. The van der Waals surface area contributed by atoms with E-state index in [1.54, 1.807) is 29.5 Å². The highest BCUT2D eigenvalue weighted by atomic mass is 35.5. The molecule has 28 heavy (non-hydrogen) atoms. The van der Waals surface area contributed by atoms with Crippen molar-refractivity contribution in [2.45, 2.75) is 0 Å². The number of nitrogens with zero attached hydrogens (tertiary/aromatic N) is 1. The second-order valence-corrected chi connectivity index (χ2v) is 8.57. The maximum atomic E-state index is 12.7. The molecule has 3 aromatic heterocycles. The van der Waals surface area contributed by atoms with Gasteiger partial charge in [0, 0.05) is 15.8 Å². The van der Waals surface area contributed by atoms with Crippen molar-refractivity contribution >= 4 is 67.2 Å². The van der Waals surface area contributed by atoms with Crippen molar-refractivity contribution in [2.24, 2.45) is 0 Å². The molecule has 0 unspecified atom stereocenters. The zero-order valence-corrected chi connectivity index (χ0v) is 17.1. The number of rotatable bonds is 3. The van der Waals surface area contributed by atoms with Crippen LogP contribution >= 0.6 is 45.9 Å². The molecular weight excluding hydrogens is 439 g/mol. The van der Waals surface area contributed by atoms with Gasteiger partial charge < -0.3 is 14.5 Å². The first-order valence-electron chi connectivity index (χ1n) is 8.12. The third-order valence-electron chi connectivity index (χ3n) is 4.20. The summed E-state index contributed by atoms with van der Waals surface area (Å²) in [6, 6.07) is 7.42. The molecule has 0 atom stereocenters. The van der Waals surface area contributed by atoms with E-state index in [1.165, 1.54) is 11.3 Å². The first-order valence-corrected chi connectivity index (χ1v) is 10.6. The summed E-state index contributed by atoms with van der Waals surface area (Å²) in [5.74, 6) is 1.37. The molecule has 1 aromatic carbocycles. The predicted molar refractivity (Wildman–Crippen MR) is 115 cm³/mol. The molecule has 4 aromatic rings. The Morgan fingerprint density at radius 2 is 2.18 bits per heavy atom. The lowest BCUT2D eigenvalue weighted by molar-refractivity contribution is 0.174. The van der Waals surface area contributed by atoms with Crippen LogP contribution in [0.1, 0.15) is 11.4 Å². The molecule has 0 amide bonds. The summed E-state index contributed by atoms with van der Waals surface area (Å²) in [5, 5.41) is 5.22. The molecule has 4 heterocycles. The van der Waals surface area contributed by atoms with Gasteiger partial charge in [-0.25, -0.2) is 4.98 Å². The molecular formula is C19H10Cl2N2O3S2. The fourth-order valence-corrected chi connectivity index (χ4v) is 5.21. The van der Waals surface area contributed by atoms with Gasteiger partial charge in [0.25, 0.3) is 5.56 Å². The van der Waals surface area contributed by atoms with Crippen LogP contribution < -0.4 is 15.0 Å². The van der Waals surface area contributed by atoms with E-state index in [9.17, 15) is 4.79 Å². The highest BCUT2D eigenvalue weighted by molar-refractivity contribution is 7.18. The summed E-state index contributed by atoms with van der Waals surface area (Å²) in [4.78, 5) is 21.7. The molecule has 5 rings (SSSR count). The molecule has 0 fully saturated rings. The van der Waals surface area contributed by atoms with Crippen molar-refractivity contribution in [2.75, 3.05) is 6.79 Å². The maximum absolute atomic E-state index is 12.7. The summed E-state index contributed by atoms with van der Waals surface area (Å²) in [6.45, 7) is 0.131. The van der Waals surface area contributed by atoms with Crippen molar-refractivity contribution in [1.29, 1.82) is 0 Å². The van der Waals surface area contributed by atoms with Crippen LogP contribution in [0.25, 0.3) is 31.8 Å². The van der Waals surface area contributed by atoms with Gasteiger partial charge in [0.2, 0.25) is 6.79 Å². The minimum absolute atomic E-state index is 0.131. The Labute approximate surface area is 176 Å². The van der Waals surface area contributed by atoms with Gasteiger partial charge >= 0.3 is 0 Å². The number of hydrogen-bond donors (Lipinski definition) is 1. The van der Waals surface area contributed by atoms with Crippen LogP contribution in [0.2, 0.25) is 5.02 Å². The van der Waals surface area contributed by atoms with Crippen LogP contribution in [-0.2, 0) is 0 Å². The highest BCUT2D eigenvalue weighted by Gasteiger charge is 2.19. The molecule has 0 saturated carbocycles. The molecule has 0 aliphatic carbocycles. The van der Waals surface area contributed by atoms with Gasteiger partial charge in [-0.1, -0.05) is 29.3 Å². The molecule has 1 aliphatic heterocycles. The molecule has 9 heteroatoms. The Morgan fingerprint density at radius 3 is 3.00 bits per heavy atom. The summed E-state index contributed by atoms with van der Waals surface area (Å²) >= 11 is 15.7. The minimum atomic E-state index is -0.222. The average molecular weight is 449 g/mol. The van der Waals surface area contributed by atoms with E-state index in [0.29, 0.717) is 43.2 Å². The second-order valence-electron chi connectivity index (χ2n) is 5.95. The fourth-order valence-electron chi connectivity index (χ4n) is 2.96. The quantitative estimate of drug-likeness (QED) is 0.427. The first kappa shape index (κ1) is 17.8. The number of benzene rings is 1. The highest BCUT2D eigenvalue weighted by Crippen LogP contribution is 2.40. The largest absolute Gasteiger partial charge is 0.454 e. The van der Waals surface area contributed by atoms with Crippen LogP contribution in [0.3, 0.4) is 0 Å². The smallest absolute Gasteiger partial charge is 0.260 e. The van der Waals surface area contributed by atoms with E-state index in [0.717, 1.165) is 10.4 Å². The summed E-state index contributed by atoms with van der Waals surface area (Å²) in [6.07, 6.45) is 1.67. The summed E-state index contributed by atoms with van der Waals surface area (Å²) in [5.41, 5.74) is 1.38. The lowest BCUT2D eigenvalue weighted by Gasteiger charge is -2.03. The van der Waals surface area contributed by atoms with E-state index >= 15 is 0 Å². The second kappa shape index (κ2) is 6.93. The minimum Gasteiger partial charge on any atom is -0.454 e. The molecule has 1 aliphatic rings.